The number of anilines is 1. The smallest absolute Gasteiger partial charge is 0.234 e. The van der Waals surface area contributed by atoms with Gasteiger partial charge in [0.15, 0.2) is 0 Å². The highest BCUT2D eigenvalue weighted by atomic mass is 32.2. The third-order valence-corrected chi connectivity index (χ3v) is 4.96. The van der Waals surface area contributed by atoms with Gasteiger partial charge in [0.2, 0.25) is 11.8 Å². The highest BCUT2D eigenvalue weighted by Crippen LogP contribution is 2.17. The van der Waals surface area contributed by atoms with Crippen LogP contribution in [-0.2, 0) is 9.59 Å². The van der Waals surface area contributed by atoms with Crippen LogP contribution >= 0.6 is 11.8 Å². The van der Waals surface area contributed by atoms with Crippen LogP contribution in [0.25, 0.3) is 0 Å². The Morgan fingerprint density at radius 3 is 2.00 bits per heavy atom. The van der Waals surface area contributed by atoms with E-state index < -0.39 is 0 Å². The molecule has 138 valence electrons. The topological polar surface area (TPSA) is 58.2 Å². The van der Waals surface area contributed by atoms with Crippen molar-refractivity contribution in [2.24, 2.45) is 0 Å². The Hall–Kier alpha value is -2.27. The van der Waals surface area contributed by atoms with Gasteiger partial charge in [-0.05, 0) is 38.0 Å². The van der Waals surface area contributed by atoms with Gasteiger partial charge < -0.3 is 10.6 Å². The van der Waals surface area contributed by atoms with Gasteiger partial charge in [-0.1, -0.05) is 54.4 Å². The molecule has 4 nitrogen and oxygen atoms in total. The number of amides is 2. The predicted molar refractivity (Wildman–Crippen MR) is 109 cm³/mol. The summed E-state index contributed by atoms with van der Waals surface area (Å²) in [6.45, 7) is 6.09. The molecule has 2 rings (SSSR count). The van der Waals surface area contributed by atoms with Crippen molar-refractivity contribution in [1.82, 2.24) is 5.32 Å². The van der Waals surface area contributed by atoms with E-state index in [4.69, 9.17) is 0 Å². The Morgan fingerprint density at radius 2 is 1.42 bits per heavy atom. The van der Waals surface area contributed by atoms with Gasteiger partial charge in [-0.25, -0.2) is 0 Å². The average Bonchev–Trinajstić information content (AvgIpc) is 2.62. The number of aryl methyl sites for hydroxylation is 2. The minimum Gasteiger partial charge on any atom is -0.349 e. The monoisotopic (exact) mass is 370 g/mol. The Kier molecular flexibility index (Phi) is 7.73. The van der Waals surface area contributed by atoms with E-state index in [0.717, 1.165) is 23.2 Å². The molecule has 2 aromatic carbocycles. The number of rotatable bonds is 8. The molecule has 2 amide bonds. The van der Waals surface area contributed by atoms with Crippen molar-refractivity contribution in [2.75, 3.05) is 16.8 Å². The van der Waals surface area contributed by atoms with Crippen LogP contribution in [0.4, 0.5) is 5.69 Å². The minimum atomic E-state index is -0.0998. The summed E-state index contributed by atoms with van der Waals surface area (Å²) in [6.07, 6.45) is 0.827. The number of hydrogen-bond donors (Lipinski definition) is 2. The Labute approximate surface area is 159 Å². The van der Waals surface area contributed by atoms with Gasteiger partial charge in [0.25, 0.3) is 0 Å². The summed E-state index contributed by atoms with van der Waals surface area (Å²) in [4.78, 5) is 24.1. The lowest BCUT2D eigenvalue weighted by molar-refractivity contribution is -0.119. The highest BCUT2D eigenvalue weighted by molar-refractivity contribution is 8.00. The molecule has 0 saturated heterocycles. The van der Waals surface area contributed by atoms with E-state index in [1.807, 2.05) is 69.3 Å². The number of carbonyl (C=O) groups excluding carboxylic acids is 2. The first-order valence-electron chi connectivity index (χ1n) is 8.78. The van der Waals surface area contributed by atoms with Crippen LogP contribution in [0.2, 0.25) is 0 Å². The molecule has 0 aromatic heterocycles. The average molecular weight is 371 g/mol. The maximum atomic E-state index is 12.2. The van der Waals surface area contributed by atoms with E-state index in [1.54, 1.807) is 0 Å². The zero-order valence-electron chi connectivity index (χ0n) is 15.5. The molecule has 2 N–H and O–H groups in total. The second kappa shape index (κ2) is 10.0. The molecule has 0 saturated carbocycles. The molecule has 1 atom stereocenters. The fourth-order valence-electron chi connectivity index (χ4n) is 2.53. The molecule has 0 heterocycles. The van der Waals surface area contributed by atoms with E-state index in [2.05, 4.69) is 10.6 Å². The van der Waals surface area contributed by atoms with Crippen molar-refractivity contribution in [1.29, 1.82) is 0 Å². The molecule has 0 aliphatic rings. The fourth-order valence-corrected chi connectivity index (χ4v) is 3.15. The number of thioether (sulfide) groups is 1. The van der Waals surface area contributed by atoms with Crippen LogP contribution in [0.15, 0.2) is 48.5 Å². The summed E-state index contributed by atoms with van der Waals surface area (Å²) < 4.78 is 0. The zero-order chi connectivity index (χ0) is 18.9. The molecule has 0 bridgehead atoms. The van der Waals surface area contributed by atoms with Crippen molar-refractivity contribution in [3.05, 3.63) is 65.2 Å². The molecule has 0 spiro atoms. The quantitative estimate of drug-likeness (QED) is 0.731. The molecule has 0 radical (unpaired) electrons. The van der Waals surface area contributed by atoms with E-state index in [1.165, 1.54) is 17.3 Å². The summed E-state index contributed by atoms with van der Waals surface area (Å²) in [5.41, 5.74) is 4.22. The van der Waals surface area contributed by atoms with Crippen LogP contribution in [0.1, 0.15) is 36.1 Å². The van der Waals surface area contributed by atoms with Crippen LogP contribution in [0, 0.1) is 13.8 Å². The van der Waals surface area contributed by atoms with E-state index in [9.17, 15) is 9.59 Å². The lowest BCUT2D eigenvalue weighted by atomic mass is 10.0. The van der Waals surface area contributed by atoms with Gasteiger partial charge in [0, 0.05) is 5.69 Å². The second-order valence-corrected chi connectivity index (χ2v) is 7.33. The van der Waals surface area contributed by atoms with Crippen molar-refractivity contribution < 1.29 is 9.59 Å². The highest BCUT2D eigenvalue weighted by Gasteiger charge is 2.13. The summed E-state index contributed by atoms with van der Waals surface area (Å²) >= 11 is 1.32. The first-order valence-corrected chi connectivity index (χ1v) is 9.93. The van der Waals surface area contributed by atoms with Crippen molar-refractivity contribution in [3.8, 4) is 0 Å². The Bertz CT molecular complexity index is 727. The van der Waals surface area contributed by atoms with Crippen molar-refractivity contribution in [3.63, 3.8) is 0 Å². The lowest BCUT2D eigenvalue weighted by Crippen LogP contribution is -2.30. The fraction of sp³-hybridized carbons (Fsp3) is 0.333. The Morgan fingerprint density at radius 1 is 0.885 bits per heavy atom. The van der Waals surface area contributed by atoms with Crippen LogP contribution in [0.5, 0.6) is 0 Å². The standard InChI is InChI=1S/C21H26N2O2S/c1-4-19(17-9-5-15(2)6-10-17)23-21(25)14-26-13-20(24)22-18-11-7-16(3)8-12-18/h5-12,19H,4,13-14H2,1-3H3,(H,22,24)(H,23,25). The van der Waals surface area contributed by atoms with Crippen molar-refractivity contribution in [2.45, 2.75) is 33.2 Å². The second-order valence-electron chi connectivity index (χ2n) is 6.35. The maximum Gasteiger partial charge on any atom is 0.234 e. The zero-order valence-corrected chi connectivity index (χ0v) is 16.4. The van der Waals surface area contributed by atoms with Gasteiger partial charge in [0.05, 0.1) is 17.5 Å². The number of hydrogen-bond acceptors (Lipinski definition) is 3. The number of nitrogens with one attached hydrogen (secondary N) is 2. The predicted octanol–water partition coefficient (Wildman–Crippen LogP) is 4.24. The molecule has 2 aromatic rings. The summed E-state index contributed by atoms with van der Waals surface area (Å²) in [5.74, 6) is 0.370. The summed E-state index contributed by atoms with van der Waals surface area (Å²) in [7, 11) is 0. The molecule has 5 heteroatoms. The summed E-state index contributed by atoms with van der Waals surface area (Å²) in [5, 5.41) is 5.88. The van der Waals surface area contributed by atoms with Crippen LogP contribution < -0.4 is 10.6 Å². The number of carbonyl (C=O) groups is 2. The lowest BCUT2D eigenvalue weighted by Gasteiger charge is -2.17. The van der Waals surface area contributed by atoms with Gasteiger partial charge in [0.1, 0.15) is 0 Å². The third-order valence-electron chi connectivity index (χ3n) is 4.02. The summed E-state index contributed by atoms with van der Waals surface area (Å²) in [6, 6.07) is 15.8. The SMILES string of the molecule is CCC(NC(=O)CSCC(=O)Nc1ccc(C)cc1)c1ccc(C)cc1. The molecule has 0 fully saturated rings. The van der Waals surface area contributed by atoms with E-state index in [-0.39, 0.29) is 29.4 Å². The number of benzene rings is 2. The minimum absolute atomic E-state index is 0.00471. The molecule has 0 aliphatic carbocycles. The molecule has 26 heavy (non-hydrogen) atoms. The van der Waals surface area contributed by atoms with Crippen LogP contribution in [0.3, 0.4) is 0 Å². The third kappa shape index (κ3) is 6.56. The molecule has 0 aliphatic heterocycles. The molecular formula is C21H26N2O2S. The first-order chi connectivity index (χ1) is 12.5. The largest absolute Gasteiger partial charge is 0.349 e. The van der Waals surface area contributed by atoms with Gasteiger partial charge >= 0.3 is 0 Å². The van der Waals surface area contributed by atoms with Gasteiger partial charge in [-0.2, -0.15) is 0 Å². The first kappa shape index (κ1) is 20.0. The van der Waals surface area contributed by atoms with E-state index >= 15 is 0 Å². The normalized spacial score (nSPS) is 11.7. The maximum absolute atomic E-state index is 12.2. The molecular weight excluding hydrogens is 344 g/mol. The van der Waals surface area contributed by atoms with Gasteiger partial charge in [-0.15, -0.1) is 11.8 Å². The van der Waals surface area contributed by atoms with Crippen molar-refractivity contribution >= 4 is 29.3 Å². The van der Waals surface area contributed by atoms with Gasteiger partial charge in [-0.3, -0.25) is 9.59 Å². The van der Waals surface area contributed by atoms with E-state index in [0.29, 0.717) is 0 Å². The molecule has 1 unspecified atom stereocenters. The Balaban J connectivity index is 1.74. The van der Waals surface area contributed by atoms with Crippen LogP contribution in [-0.4, -0.2) is 23.3 Å².